The Bertz CT molecular complexity index is 713. The van der Waals surface area contributed by atoms with E-state index in [2.05, 4.69) is 4.98 Å². The highest BCUT2D eigenvalue weighted by molar-refractivity contribution is 5.81. The molecule has 1 aliphatic rings. The van der Waals surface area contributed by atoms with Crippen molar-refractivity contribution in [2.24, 2.45) is 0 Å². The molecule has 122 valence electrons. The number of benzene rings is 1. The number of fused-ring (bicyclic) bond motifs is 1. The zero-order valence-electron chi connectivity index (χ0n) is 12.0. The number of hydrogen-bond acceptors (Lipinski definition) is 3. The number of carbonyl (C=O) groups excluding carboxylic acids is 1. The van der Waals surface area contributed by atoms with Crippen LogP contribution < -0.4 is 0 Å². The average molecular weight is 325 g/mol. The maximum atomic E-state index is 12.5. The number of aliphatic hydroxyl groups excluding tert-OH is 1. The van der Waals surface area contributed by atoms with Crippen LogP contribution in [0, 0.1) is 0 Å². The first-order chi connectivity index (χ1) is 10.9. The molecule has 1 atom stereocenters. The number of imidazole rings is 1. The second-order valence-corrected chi connectivity index (χ2v) is 5.30. The van der Waals surface area contributed by atoms with E-state index in [1.165, 1.54) is 0 Å². The van der Waals surface area contributed by atoms with Gasteiger partial charge in [0, 0.05) is 24.3 Å². The monoisotopic (exact) mass is 325 g/mol. The Labute approximate surface area is 130 Å². The van der Waals surface area contributed by atoms with E-state index in [0.29, 0.717) is 12.1 Å². The molecule has 3 rings (SSSR count). The van der Waals surface area contributed by atoms with Crippen LogP contribution >= 0.6 is 0 Å². The summed E-state index contributed by atoms with van der Waals surface area (Å²) in [6, 6.07) is 9.42. The van der Waals surface area contributed by atoms with Crippen molar-refractivity contribution in [2.75, 3.05) is 6.54 Å². The predicted octanol–water partition coefficient (Wildman–Crippen LogP) is 1.68. The van der Waals surface area contributed by atoms with Gasteiger partial charge in [-0.25, -0.2) is 4.98 Å². The Kier molecular flexibility index (Phi) is 3.85. The van der Waals surface area contributed by atoms with Crippen LogP contribution in [0.15, 0.2) is 36.7 Å². The normalized spacial score (nSPS) is 16.1. The third-order valence-corrected chi connectivity index (χ3v) is 3.80. The fourth-order valence-corrected chi connectivity index (χ4v) is 2.62. The molecule has 0 bridgehead atoms. The van der Waals surface area contributed by atoms with Crippen molar-refractivity contribution in [1.82, 2.24) is 14.5 Å². The summed E-state index contributed by atoms with van der Waals surface area (Å²) in [6.45, 7) is 0.0681. The molecule has 8 heteroatoms. The van der Waals surface area contributed by atoms with E-state index < -0.39 is 18.2 Å². The molecule has 1 N–H and O–H groups in total. The minimum absolute atomic E-state index is 0.0405. The summed E-state index contributed by atoms with van der Waals surface area (Å²) in [4.78, 5) is 16.9. The fraction of sp³-hybridized carbons (Fsp3) is 0.333. The summed E-state index contributed by atoms with van der Waals surface area (Å²) >= 11 is 0. The predicted molar refractivity (Wildman–Crippen MR) is 74.7 cm³/mol. The summed E-state index contributed by atoms with van der Waals surface area (Å²) in [7, 11) is 0. The topological polar surface area (TPSA) is 58.4 Å². The molecule has 0 spiro atoms. The van der Waals surface area contributed by atoms with Crippen LogP contribution in [0.25, 0.3) is 5.69 Å². The first-order valence-corrected chi connectivity index (χ1v) is 7.02. The molecule has 2 aromatic rings. The Hall–Kier alpha value is -2.35. The second-order valence-electron chi connectivity index (χ2n) is 5.30. The zero-order chi connectivity index (χ0) is 16.6. The number of alkyl halides is 3. The molecule has 5 nitrogen and oxygen atoms in total. The van der Waals surface area contributed by atoms with Crippen LogP contribution in [-0.2, 0) is 17.8 Å². The van der Waals surface area contributed by atoms with Crippen molar-refractivity contribution >= 4 is 5.91 Å². The Morgan fingerprint density at radius 2 is 1.96 bits per heavy atom. The number of aromatic nitrogens is 2. The molecule has 0 aliphatic carbocycles. The number of nitrogens with zero attached hydrogens (tertiary/aromatic N) is 3. The SMILES string of the molecule is O=C(C(O)C(F)(F)F)N1CCc2c(ncn2-c2ccccc2)C1. The lowest BCUT2D eigenvalue weighted by molar-refractivity contribution is -0.211. The number of rotatable bonds is 2. The summed E-state index contributed by atoms with van der Waals surface area (Å²) in [5.74, 6) is -1.34. The van der Waals surface area contributed by atoms with E-state index in [4.69, 9.17) is 5.11 Å². The van der Waals surface area contributed by atoms with Gasteiger partial charge in [0.25, 0.3) is 5.91 Å². The lowest BCUT2D eigenvalue weighted by atomic mass is 10.1. The van der Waals surface area contributed by atoms with Crippen molar-refractivity contribution in [3.8, 4) is 5.69 Å². The maximum Gasteiger partial charge on any atom is 0.423 e. The quantitative estimate of drug-likeness (QED) is 0.914. The molecule has 0 saturated carbocycles. The van der Waals surface area contributed by atoms with Gasteiger partial charge in [-0.15, -0.1) is 0 Å². The molecule has 2 heterocycles. The van der Waals surface area contributed by atoms with Crippen molar-refractivity contribution < 1.29 is 23.1 Å². The van der Waals surface area contributed by atoms with E-state index in [0.717, 1.165) is 16.3 Å². The van der Waals surface area contributed by atoms with Crippen molar-refractivity contribution in [1.29, 1.82) is 0 Å². The van der Waals surface area contributed by atoms with E-state index in [1.54, 1.807) is 6.33 Å². The molecule has 1 unspecified atom stereocenters. The van der Waals surface area contributed by atoms with Gasteiger partial charge in [-0.3, -0.25) is 4.79 Å². The van der Waals surface area contributed by atoms with Gasteiger partial charge in [-0.1, -0.05) is 18.2 Å². The second kappa shape index (κ2) is 5.69. The van der Waals surface area contributed by atoms with Gasteiger partial charge in [0.1, 0.15) is 0 Å². The van der Waals surface area contributed by atoms with Gasteiger partial charge >= 0.3 is 6.18 Å². The van der Waals surface area contributed by atoms with Gasteiger partial charge in [-0.05, 0) is 12.1 Å². The smallest absolute Gasteiger partial charge is 0.376 e. The van der Waals surface area contributed by atoms with E-state index in [9.17, 15) is 18.0 Å². The minimum atomic E-state index is -4.96. The van der Waals surface area contributed by atoms with Crippen LogP contribution in [0.3, 0.4) is 0 Å². The van der Waals surface area contributed by atoms with Gasteiger partial charge in [0.15, 0.2) is 0 Å². The van der Waals surface area contributed by atoms with Crippen molar-refractivity contribution in [3.63, 3.8) is 0 Å². The largest absolute Gasteiger partial charge is 0.423 e. The molecule has 1 aliphatic heterocycles. The number of para-hydroxylation sites is 1. The average Bonchev–Trinajstić information content (AvgIpc) is 2.96. The van der Waals surface area contributed by atoms with Crippen molar-refractivity contribution in [3.05, 3.63) is 48.0 Å². The van der Waals surface area contributed by atoms with Gasteiger partial charge in [0.2, 0.25) is 6.10 Å². The molecule has 1 aromatic carbocycles. The summed E-state index contributed by atoms with van der Waals surface area (Å²) < 4.78 is 39.2. The molecule has 0 saturated heterocycles. The Morgan fingerprint density at radius 3 is 2.61 bits per heavy atom. The number of aliphatic hydroxyl groups is 1. The Balaban J connectivity index is 1.81. The third kappa shape index (κ3) is 2.94. The molecule has 1 amide bonds. The molecule has 0 radical (unpaired) electrons. The molecular formula is C15H14F3N3O2. The summed E-state index contributed by atoms with van der Waals surface area (Å²) in [5, 5.41) is 9.10. The third-order valence-electron chi connectivity index (χ3n) is 3.80. The number of halogens is 3. The summed E-state index contributed by atoms with van der Waals surface area (Å²) in [6.07, 6.45) is -5.98. The van der Waals surface area contributed by atoms with E-state index >= 15 is 0 Å². The number of carbonyl (C=O) groups is 1. The zero-order valence-corrected chi connectivity index (χ0v) is 12.0. The van der Waals surface area contributed by atoms with Gasteiger partial charge < -0.3 is 14.6 Å². The number of hydrogen-bond donors (Lipinski definition) is 1. The van der Waals surface area contributed by atoms with Crippen LogP contribution in [-0.4, -0.2) is 44.3 Å². The van der Waals surface area contributed by atoms with Gasteiger partial charge in [0.05, 0.1) is 18.6 Å². The first-order valence-electron chi connectivity index (χ1n) is 7.02. The lowest BCUT2D eigenvalue weighted by Gasteiger charge is -2.29. The first kappa shape index (κ1) is 15.5. The van der Waals surface area contributed by atoms with Crippen LogP contribution in [0.2, 0.25) is 0 Å². The number of amides is 1. The minimum Gasteiger partial charge on any atom is -0.376 e. The van der Waals surface area contributed by atoms with Crippen molar-refractivity contribution in [2.45, 2.75) is 25.2 Å². The fourth-order valence-electron chi connectivity index (χ4n) is 2.62. The van der Waals surface area contributed by atoms with Gasteiger partial charge in [-0.2, -0.15) is 13.2 Å². The summed E-state index contributed by atoms with van der Waals surface area (Å²) in [5.41, 5.74) is 2.31. The van der Waals surface area contributed by atoms with E-state index in [-0.39, 0.29) is 13.1 Å². The highest BCUT2D eigenvalue weighted by atomic mass is 19.4. The highest BCUT2D eigenvalue weighted by Crippen LogP contribution is 2.25. The van der Waals surface area contributed by atoms with Crippen LogP contribution in [0.4, 0.5) is 13.2 Å². The molecule has 1 aromatic heterocycles. The molecule has 23 heavy (non-hydrogen) atoms. The maximum absolute atomic E-state index is 12.5. The standard InChI is InChI=1S/C15H14F3N3O2/c16-15(17,18)13(22)14(23)20-7-6-12-11(8-20)19-9-21(12)10-4-2-1-3-5-10/h1-5,9,13,22H,6-8H2. The molecule has 0 fully saturated rings. The Morgan fingerprint density at radius 1 is 1.26 bits per heavy atom. The van der Waals surface area contributed by atoms with Crippen LogP contribution in [0.1, 0.15) is 11.4 Å². The lowest BCUT2D eigenvalue weighted by Crippen LogP contribution is -2.48. The van der Waals surface area contributed by atoms with E-state index in [1.807, 2.05) is 34.9 Å². The van der Waals surface area contributed by atoms with Crippen LogP contribution in [0.5, 0.6) is 0 Å². The molecular weight excluding hydrogens is 311 g/mol. The highest BCUT2D eigenvalue weighted by Gasteiger charge is 2.46.